The van der Waals surface area contributed by atoms with Crippen LogP contribution in [-0.4, -0.2) is 25.0 Å². The van der Waals surface area contributed by atoms with Crippen molar-refractivity contribution in [3.05, 3.63) is 86.5 Å². The van der Waals surface area contributed by atoms with Crippen LogP contribution in [0.15, 0.2) is 72.3 Å². The van der Waals surface area contributed by atoms with E-state index in [1.54, 1.807) is 48.5 Å². The van der Waals surface area contributed by atoms with Gasteiger partial charge < -0.3 is 20.1 Å². The Morgan fingerprint density at radius 2 is 1.71 bits per heavy atom. The quantitative estimate of drug-likeness (QED) is 0.181. The standard InChI is InChI=1S/C26H21ClIN3O4/c1-2-34-23-14-17(12-18(15-29)26(33)31-21-10-8-19(27)9-11-21)13-22(28)25(23)35-16-24(32)30-20-6-4-3-5-7-20/h3-14H,2,16H2,1H3,(H,30,32)(H,31,33)/b18-12+. The van der Waals surface area contributed by atoms with E-state index in [9.17, 15) is 14.9 Å². The molecule has 0 spiro atoms. The molecule has 7 nitrogen and oxygen atoms in total. The van der Waals surface area contributed by atoms with Gasteiger partial charge in [-0.3, -0.25) is 9.59 Å². The summed E-state index contributed by atoms with van der Waals surface area (Å²) in [7, 11) is 0. The molecule has 178 valence electrons. The summed E-state index contributed by atoms with van der Waals surface area (Å²) in [5.74, 6) is -0.0738. The van der Waals surface area contributed by atoms with Gasteiger partial charge >= 0.3 is 0 Å². The molecule has 0 fully saturated rings. The Balaban J connectivity index is 1.77. The monoisotopic (exact) mass is 601 g/mol. The number of carbonyl (C=O) groups excluding carboxylic acids is 2. The van der Waals surface area contributed by atoms with E-state index in [-0.39, 0.29) is 18.1 Å². The Hall–Kier alpha value is -3.55. The number of ether oxygens (including phenoxy) is 2. The van der Waals surface area contributed by atoms with Gasteiger partial charge in [-0.2, -0.15) is 5.26 Å². The predicted molar refractivity (Wildman–Crippen MR) is 145 cm³/mol. The van der Waals surface area contributed by atoms with Gasteiger partial charge in [-0.15, -0.1) is 0 Å². The van der Waals surface area contributed by atoms with E-state index < -0.39 is 5.91 Å². The molecule has 35 heavy (non-hydrogen) atoms. The number of carbonyl (C=O) groups is 2. The van der Waals surface area contributed by atoms with Gasteiger partial charge in [-0.25, -0.2) is 0 Å². The lowest BCUT2D eigenvalue weighted by molar-refractivity contribution is -0.118. The summed E-state index contributed by atoms with van der Waals surface area (Å²) in [5, 5.41) is 15.5. The SMILES string of the molecule is CCOc1cc(/C=C(\C#N)C(=O)Nc2ccc(Cl)cc2)cc(I)c1OCC(=O)Nc1ccccc1. The lowest BCUT2D eigenvalue weighted by atomic mass is 10.1. The number of halogens is 2. The number of nitrogens with zero attached hydrogens (tertiary/aromatic N) is 1. The number of hydrogen-bond acceptors (Lipinski definition) is 5. The fourth-order valence-corrected chi connectivity index (χ4v) is 3.88. The number of rotatable bonds is 9. The zero-order valence-electron chi connectivity index (χ0n) is 18.7. The molecular formula is C26H21ClIN3O4. The molecule has 0 atom stereocenters. The summed E-state index contributed by atoms with van der Waals surface area (Å²) in [6.07, 6.45) is 1.46. The van der Waals surface area contributed by atoms with Crippen LogP contribution in [-0.2, 0) is 9.59 Å². The van der Waals surface area contributed by atoms with Crippen molar-refractivity contribution in [3.8, 4) is 17.6 Å². The first-order valence-electron chi connectivity index (χ1n) is 10.5. The number of para-hydroxylation sites is 1. The largest absolute Gasteiger partial charge is 0.490 e. The van der Waals surface area contributed by atoms with Crippen molar-refractivity contribution in [3.63, 3.8) is 0 Å². The third-order valence-corrected chi connectivity index (χ3v) is 5.57. The Labute approximate surface area is 221 Å². The first-order chi connectivity index (χ1) is 16.9. The highest BCUT2D eigenvalue weighted by atomic mass is 127. The van der Waals surface area contributed by atoms with Crippen molar-refractivity contribution in [2.24, 2.45) is 0 Å². The van der Waals surface area contributed by atoms with Crippen LogP contribution in [0.25, 0.3) is 6.08 Å². The summed E-state index contributed by atoms with van der Waals surface area (Å²) < 4.78 is 12.1. The van der Waals surface area contributed by atoms with Crippen molar-refractivity contribution < 1.29 is 19.1 Å². The minimum atomic E-state index is -0.555. The molecule has 0 aliphatic rings. The normalized spacial score (nSPS) is 10.7. The molecule has 0 aliphatic carbocycles. The van der Waals surface area contributed by atoms with Crippen LogP contribution >= 0.6 is 34.2 Å². The van der Waals surface area contributed by atoms with Gasteiger partial charge in [-0.1, -0.05) is 29.8 Å². The highest BCUT2D eigenvalue weighted by Gasteiger charge is 2.16. The van der Waals surface area contributed by atoms with Crippen molar-refractivity contribution in [1.29, 1.82) is 5.26 Å². The number of nitriles is 1. The molecule has 3 aromatic carbocycles. The first-order valence-corrected chi connectivity index (χ1v) is 12.0. The van der Waals surface area contributed by atoms with Gasteiger partial charge in [0.15, 0.2) is 18.1 Å². The third-order valence-electron chi connectivity index (χ3n) is 4.52. The average molecular weight is 602 g/mol. The van der Waals surface area contributed by atoms with Crippen LogP contribution < -0.4 is 20.1 Å². The zero-order valence-corrected chi connectivity index (χ0v) is 21.6. The van der Waals surface area contributed by atoms with E-state index in [1.165, 1.54) is 6.08 Å². The van der Waals surface area contributed by atoms with E-state index >= 15 is 0 Å². The molecule has 0 aliphatic heterocycles. The topological polar surface area (TPSA) is 100 Å². The molecule has 0 aromatic heterocycles. The number of nitrogens with one attached hydrogen (secondary N) is 2. The second kappa shape index (κ2) is 12.8. The molecule has 2 N–H and O–H groups in total. The molecule has 0 saturated carbocycles. The Bertz CT molecular complexity index is 1270. The number of hydrogen-bond donors (Lipinski definition) is 2. The van der Waals surface area contributed by atoms with Crippen LogP contribution in [0.4, 0.5) is 11.4 Å². The van der Waals surface area contributed by atoms with Crippen LogP contribution in [0.1, 0.15) is 12.5 Å². The van der Waals surface area contributed by atoms with Crippen molar-refractivity contribution in [2.45, 2.75) is 6.92 Å². The minimum Gasteiger partial charge on any atom is -0.490 e. The molecule has 3 aromatic rings. The average Bonchev–Trinajstić information content (AvgIpc) is 2.84. The summed E-state index contributed by atoms with van der Waals surface area (Å²) in [4.78, 5) is 24.9. The summed E-state index contributed by atoms with van der Waals surface area (Å²) in [6.45, 7) is 1.96. The lowest BCUT2D eigenvalue weighted by Crippen LogP contribution is -2.20. The first kappa shape index (κ1) is 26.1. The zero-order chi connectivity index (χ0) is 25.2. The second-order valence-corrected chi connectivity index (χ2v) is 8.70. The molecule has 0 saturated heterocycles. The van der Waals surface area contributed by atoms with Gasteiger partial charge in [0.2, 0.25) is 0 Å². The maximum atomic E-state index is 12.6. The van der Waals surface area contributed by atoms with E-state index in [4.69, 9.17) is 21.1 Å². The third kappa shape index (κ3) is 7.73. The molecule has 0 unspecified atom stereocenters. The van der Waals surface area contributed by atoms with Gasteiger partial charge in [0.1, 0.15) is 11.6 Å². The van der Waals surface area contributed by atoms with Crippen LogP contribution in [0.3, 0.4) is 0 Å². The highest BCUT2D eigenvalue weighted by molar-refractivity contribution is 14.1. The van der Waals surface area contributed by atoms with E-state index in [0.717, 1.165) is 0 Å². The fourth-order valence-electron chi connectivity index (χ4n) is 2.98. The molecule has 2 amide bonds. The Morgan fingerprint density at radius 1 is 1.03 bits per heavy atom. The number of benzene rings is 3. The van der Waals surface area contributed by atoms with Crippen molar-refractivity contribution >= 4 is 63.5 Å². The minimum absolute atomic E-state index is 0.0888. The van der Waals surface area contributed by atoms with Crippen molar-refractivity contribution in [1.82, 2.24) is 0 Å². The Kier molecular flexibility index (Phi) is 9.52. The van der Waals surface area contributed by atoms with Gasteiger partial charge in [0, 0.05) is 16.4 Å². The van der Waals surface area contributed by atoms with Crippen molar-refractivity contribution in [2.75, 3.05) is 23.8 Å². The van der Waals surface area contributed by atoms with Gasteiger partial charge in [0.25, 0.3) is 11.8 Å². The summed E-state index contributed by atoms with van der Waals surface area (Å²) >= 11 is 7.93. The fraction of sp³-hybridized carbons (Fsp3) is 0.115. The second-order valence-electron chi connectivity index (χ2n) is 7.10. The molecule has 0 heterocycles. The molecular weight excluding hydrogens is 581 g/mol. The predicted octanol–water partition coefficient (Wildman–Crippen LogP) is 5.91. The summed E-state index contributed by atoms with van der Waals surface area (Å²) in [5.41, 5.74) is 1.67. The van der Waals surface area contributed by atoms with Gasteiger partial charge in [0.05, 0.1) is 10.2 Å². The van der Waals surface area contributed by atoms with Crippen LogP contribution in [0.2, 0.25) is 5.02 Å². The number of anilines is 2. The number of amides is 2. The maximum absolute atomic E-state index is 12.6. The Morgan fingerprint density at radius 3 is 2.37 bits per heavy atom. The summed E-state index contributed by atoms with van der Waals surface area (Å²) in [6, 6.07) is 21.0. The van der Waals surface area contributed by atoms with E-state index in [0.29, 0.717) is 43.6 Å². The maximum Gasteiger partial charge on any atom is 0.266 e. The van der Waals surface area contributed by atoms with Gasteiger partial charge in [-0.05, 0) is 89.7 Å². The molecule has 0 bridgehead atoms. The molecule has 9 heteroatoms. The molecule has 3 rings (SSSR count). The van der Waals surface area contributed by atoms with Crippen LogP contribution in [0, 0.1) is 14.9 Å². The van der Waals surface area contributed by atoms with E-state index in [1.807, 2.05) is 31.2 Å². The molecule has 0 radical (unpaired) electrons. The highest BCUT2D eigenvalue weighted by Crippen LogP contribution is 2.35. The van der Waals surface area contributed by atoms with Crippen LogP contribution in [0.5, 0.6) is 11.5 Å². The smallest absolute Gasteiger partial charge is 0.266 e. The lowest BCUT2D eigenvalue weighted by Gasteiger charge is -2.15. The van der Waals surface area contributed by atoms with E-state index in [2.05, 4.69) is 33.2 Å².